The number of ether oxygens (including phenoxy) is 2. The van der Waals surface area contributed by atoms with E-state index in [2.05, 4.69) is 29.3 Å². The first-order chi connectivity index (χ1) is 12.6. The fourth-order valence-electron chi connectivity index (χ4n) is 2.55. The normalized spacial score (nSPS) is 10.6. The number of amides is 1. The monoisotopic (exact) mass is 355 g/mol. The topological polar surface area (TPSA) is 63.2 Å². The van der Waals surface area contributed by atoms with Gasteiger partial charge in [0.15, 0.2) is 0 Å². The average molecular weight is 355 g/mol. The molecule has 0 saturated heterocycles. The molecule has 0 fully saturated rings. The molecule has 6 nitrogen and oxygen atoms in total. The first-order valence-electron chi connectivity index (χ1n) is 8.52. The molecular formula is C20H25N3O3. The highest BCUT2D eigenvalue weighted by Crippen LogP contribution is 2.21. The van der Waals surface area contributed by atoms with Crippen LogP contribution < -0.4 is 19.8 Å². The summed E-state index contributed by atoms with van der Waals surface area (Å²) < 4.78 is 10.4. The van der Waals surface area contributed by atoms with Crippen LogP contribution in [-0.4, -0.2) is 39.4 Å². The Morgan fingerprint density at radius 1 is 1.04 bits per heavy atom. The molecule has 0 spiro atoms. The Bertz CT molecular complexity index is 731. The van der Waals surface area contributed by atoms with Gasteiger partial charge in [-0.05, 0) is 50.2 Å². The van der Waals surface area contributed by atoms with Crippen LogP contribution in [0.1, 0.15) is 29.8 Å². The number of nitrogens with zero attached hydrogens (tertiary/aromatic N) is 2. The van der Waals surface area contributed by atoms with Gasteiger partial charge in [-0.25, -0.2) is 5.43 Å². The van der Waals surface area contributed by atoms with Crippen LogP contribution >= 0.6 is 0 Å². The Balaban J connectivity index is 2.03. The number of benzene rings is 2. The second kappa shape index (κ2) is 9.46. The summed E-state index contributed by atoms with van der Waals surface area (Å²) in [4.78, 5) is 14.4. The SMILES string of the molecule is CCN(CC)c1ccc(C(=O)N/N=C/c2cc(OC)cc(OC)c2)cc1. The van der Waals surface area contributed by atoms with Crippen LogP contribution in [0.3, 0.4) is 0 Å². The number of carbonyl (C=O) groups is 1. The van der Waals surface area contributed by atoms with Gasteiger partial charge in [0, 0.05) is 36.0 Å². The van der Waals surface area contributed by atoms with Crippen LogP contribution in [0.25, 0.3) is 0 Å². The largest absolute Gasteiger partial charge is 0.497 e. The molecule has 26 heavy (non-hydrogen) atoms. The number of nitrogens with one attached hydrogen (secondary N) is 1. The molecule has 1 amide bonds. The molecule has 2 aromatic rings. The minimum atomic E-state index is -0.262. The van der Waals surface area contributed by atoms with Crippen molar-refractivity contribution in [3.8, 4) is 11.5 Å². The lowest BCUT2D eigenvalue weighted by molar-refractivity contribution is 0.0955. The van der Waals surface area contributed by atoms with E-state index >= 15 is 0 Å². The maximum atomic E-state index is 12.2. The first kappa shape index (κ1) is 19.3. The summed E-state index contributed by atoms with van der Waals surface area (Å²) in [6.45, 7) is 6.06. The van der Waals surface area contributed by atoms with Gasteiger partial charge in [0.2, 0.25) is 0 Å². The van der Waals surface area contributed by atoms with E-state index in [0.717, 1.165) is 24.3 Å². The van der Waals surface area contributed by atoms with Crippen LogP contribution in [0.2, 0.25) is 0 Å². The number of carbonyl (C=O) groups excluding carboxylic acids is 1. The predicted octanol–water partition coefficient (Wildman–Crippen LogP) is 3.31. The van der Waals surface area contributed by atoms with E-state index in [-0.39, 0.29) is 5.91 Å². The van der Waals surface area contributed by atoms with Gasteiger partial charge in [0.25, 0.3) is 5.91 Å². The molecule has 0 aromatic heterocycles. The summed E-state index contributed by atoms with van der Waals surface area (Å²) in [5.41, 5.74) is 4.95. The van der Waals surface area contributed by atoms with Crippen molar-refractivity contribution in [1.29, 1.82) is 0 Å². The second-order valence-corrected chi connectivity index (χ2v) is 5.56. The molecule has 0 saturated carbocycles. The van der Waals surface area contributed by atoms with E-state index in [1.54, 1.807) is 50.8 Å². The lowest BCUT2D eigenvalue weighted by atomic mass is 10.2. The second-order valence-electron chi connectivity index (χ2n) is 5.56. The number of hydrogen-bond donors (Lipinski definition) is 1. The predicted molar refractivity (Wildman–Crippen MR) is 105 cm³/mol. The van der Waals surface area contributed by atoms with E-state index in [0.29, 0.717) is 17.1 Å². The zero-order valence-corrected chi connectivity index (χ0v) is 15.7. The number of methoxy groups -OCH3 is 2. The van der Waals surface area contributed by atoms with Crippen molar-refractivity contribution in [3.63, 3.8) is 0 Å². The summed E-state index contributed by atoms with van der Waals surface area (Å²) in [7, 11) is 3.17. The third-order valence-corrected chi connectivity index (χ3v) is 4.01. The molecule has 138 valence electrons. The molecule has 1 N–H and O–H groups in total. The highest BCUT2D eigenvalue weighted by Gasteiger charge is 2.06. The molecular weight excluding hydrogens is 330 g/mol. The molecule has 0 aliphatic heterocycles. The minimum absolute atomic E-state index is 0.262. The molecule has 0 atom stereocenters. The smallest absolute Gasteiger partial charge is 0.271 e. The Kier molecular flexibility index (Phi) is 7.02. The van der Waals surface area contributed by atoms with E-state index < -0.39 is 0 Å². The van der Waals surface area contributed by atoms with Gasteiger partial charge in [0.1, 0.15) is 11.5 Å². The third kappa shape index (κ3) is 4.99. The maximum Gasteiger partial charge on any atom is 0.271 e. The van der Waals surface area contributed by atoms with Crippen molar-refractivity contribution >= 4 is 17.8 Å². The van der Waals surface area contributed by atoms with Crippen LogP contribution in [-0.2, 0) is 0 Å². The van der Waals surface area contributed by atoms with Crippen molar-refractivity contribution in [3.05, 3.63) is 53.6 Å². The maximum absolute atomic E-state index is 12.2. The molecule has 0 heterocycles. The molecule has 0 aliphatic carbocycles. The summed E-state index contributed by atoms with van der Waals surface area (Å²) in [5, 5.41) is 4.01. The van der Waals surface area contributed by atoms with Gasteiger partial charge in [-0.3, -0.25) is 4.79 Å². The van der Waals surface area contributed by atoms with Crippen molar-refractivity contribution in [1.82, 2.24) is 5.43 Å². The van der Waals surface area contributed by atoms with Crippen molar-refractivity contribution in [2.24, 2.45) is 5.10 Å². The van der Waals surface area contributed by atoms with E-state index in [1.807, 2.05) is 12.1 Å². The fraction of sp³-hybridized carbons (Fsp3) is 0.300. The van der Waals surface area contributed by atoms with Gasteiger partial charge >= 0.3 is 0 Å². The van der Waals surface area contributed by atoms with Crippen LogP contribution in [0.15, 0.2) is 47.6 Å². The number of hydrazone groups is 1. The number of anilines is 1. The third-order valence-electron chi connectivity index (χ3n) is 4.01. The van der Waals surface area contributed by atoms with Gasteiger partial charge in [-0.2, -0.15) is 5.10 Å². The highest BCUT2D eigenvalue weighted by atomic mass is 16.5. The van der Waals surface area contributed by atoms with Gasteiger partial charge < -0.3 is 14.4 Å². The summed E-state index contributed by atoms with van der Waals surface area (Å²) in [6, 6.07) is 12.9. The van der Waals surface area contributed by atoms with Gasteiger partial charge in [0.05, 0.1) is 20.4 Å². The number of hydrogen-bond acceptors (Lipinski definition) is 5. The van der Waals surface area contributed by atoms with E-state index in [1.165, 1.54) is 0 Å². The van der Waals surface area contributed by atoms with Crippen LogP contribution in [0.4, 0.5) is 5.69 Å². The van der Waals surface area contributed by atoms with Gasteiger partial charge in [-0.1, -0.05) is 0 Å². The molecule has 2 rings (SSSR count). The molecule has 0 unspecified atom stereocenters. The highest BCUT2D eigenvalue weighted by molar-refractivity contribution is 5.95. The molecule has 2 aromatic carbocycles. The first-order valence-corrected chi connectivity index (χ1v) is 8.52. The van der Waals surface area contributed by atoms with Crippen molar-refractivity contribution < 1.29 is 14.3 Å². The van der Waals surface area contributed by atoms with E-state index in [4.69, 9.17) is 9.47 Å². The Morgan fingerprint density at radius 2 is 1.62 bits per heavy atom. The van der Waals surface area contributed by atoms with Crippen molar-refractivity contribution in [2.75, 3.05) is 32.2 Å². The summed E-state index contributed by atoms with van der Waals surface area (Å²) in [6.07, 6.45) is 1.55. The lowest BCUT2D eigenvalue weighted by Gasteiger charge is -2.20. The molecule has 6 heteroatoms. The summed E-state index contributed by atoms with van der Waals surface area (Å²) >= 11 is 0. The Morgan fingerprint density at radius 3 is 2.12 bits per heavy atom. The zero-order valence-electron chi connectivity index (χ0n) is 15.7. The number of rotatable bonds is 8. The fourth-order valence-corrected chi connectivity index (χ4v) is 2.55. The minimum Gasteiger partial charge on any atom is -0.497 e. The standard InChI is InChI=1S/C20H25N3O3/c1-5-23(6-2)17-9-7-16(8-10-17)20(24)22-21-14-15-11-18(25-3)13-19(12-15)26-4/h7-14H,5-6H2,1-4H3,(H,22,24)/b21-14+. The molecule has 0 radical (unpaired) electrons. The Hall–Kier alpha value is -3.02. The molecule has 0 bridgehead atoms. The zero-order chi connectivity index (χ0) is 18.9. The van der Waals surface area contributed by atoms with Crippen molar-refractivity contribution in [2.45, 2.75) is 13.8 Å². The Labute approximate surface area is 154 Å². The van der Waals surface area contributed by atoms with Crippen LogP contribution in [0, 0.1) is 0 Å². The average Bonchev–Trinajstić information content (AvgIpc) is 2.69. The lowest BCUT2D eigenvalue weighted by Crippen LogP contribution is -2.22. The summed E-state index contributed by atoms with van der Waals surface area (Å²) in [5.74, 6) is 1.05. The van der Waals surface area contributed by atoms with E-state index in [9.17, 15) is 4.79 Å². The van der Waals surface area contributed by atoms with Gasteiger partial charge in [-0.15, -0.1) is 0 Å². The molecule has 0 aliphatic rings. The van der Waals surface area contributed by atoms with Crippen LogP contribution in [0.5, 0.6) is 11.5 Å². The quantitative estimate of drug-likeness (QED) is 0.583.